The molecule has 0 aromatic heterocycles. The molecule has 1 aromatic carbocycles. The number of carbonyl (C=O) groups is 1. The maximum absolute atomic E-state index is 13.8. The second-order valence-electron chi connectivity index (χ2n) is 5.65. The van der Waals surface area contributed by atoms with Gasteiger partial charge in [0.25, 0.3) is 0 Å². The van der Waals surface area contributed by atoms with E-state index in [4.69, 9.17) is 4.74 Å². The summed E-state index contributed by atoms with van der Waals surface area (Å²) in [6.45, 7) is 0. The van der Waals surface area contributed by atoms with Crippen molar-refractivity contribution in [1.29, 1.82) is 0 Å². The van der Waals surface area contributed by atoms with Gasteiger partial charge in [0.05, 0.1) is 9.89 Å². The van der Waals surface area contributed by atoms with Gasteiger partial charge in [0.2, 0.25) is 0 Å². The molecule has 20 heavy (non-hydrogen) atoms. The molecule has 0 radical (unpaired) electrons. The fourth-order valence-corrected chi connectivity index (χ4v) is 3.84. The van der Waals surface area contributed by atoms with E-state index in [1.165, 1.54) is 6.07 Å². The van der Waals surface area contributed by atoms with Gasteiger partial charge in [0.15, 0.2) is 11.6 Å². The summed E-state index contributed by atoms with van der Waals surface area (Å²) in [4.78, 5) is 12.0. The highest BCUT2D eigenvalue weighted by Crippen LogP contribution is 2.51. The van der Waals surface area contributed by atoms with Crippen LogP contribution in [0.15, 0.2) is 16.6 Å². The van der Waals surface area contributed by atoms with Crippen LogP contribution in [-0.4, -0.2) is 11.9 Å². The lowest BCUT2D eigenvalue weighted by Gasteiger charge is -2.49. The third kappa shape index (κ3) is 2.16. The molecule has 2 saturated carbocycles. The van der Waals surface area contributed by atoms with E-state index in [1.807, 2.05) is 0 Å². The number of ketones is 1. The number of Topliss-reactive ketones (excluding diaryl/α,β-unsaturated/α-hetero) is 1. The Hall–Kier alpha value is -0.970. The van der Waals surface area contributed by atoms with Crippen LogP contribution in [0.5, 0.6) is 5.75 Å². The minimum Gasteiger partial charge on any atom is -0.485 e. The predicted octanol–water partition coefficient (Wildman–Crippen LogP) is 4.40. The first-order valence-electron chi connectivity index (χ1n) is 6.87. The molecule has 0 amide bonds. The molecule has 0 bridgehead atoms. The van der Waals surface area contributed by atoms with Gasteiger partial charge in [-0.05, 0) is 34.8 Å². The molecular weight excluding hydrogens is 330 g/mol. The van der Waals surface area contributed by atoms with E-state index < -0.39 is 17.0 Å². The van der Waals surface area contributed by atoms with E-state index in [2.05, 4.69) is 15.9 Å². The molecule has 0 saturated heterocycles. The Morgan fingerprint density at radius 1 is 1.20 bits per heavy atom. The summed E-state index contributed by atoms with van der Waals surface area (Å²) in [5, 5.41) is 0. The minimum atomic E-state index is -0.734. The second kappa shape index (κ2) is 5.10. The van der Waals surface area contributed by atoms with Crippen LogP contribution < -0.4 is 4.74 Å². The zero-order valence-electron chi connectivity index (χ0n) is 10.9. The molecule has 0 N–H and O–H groups in total. The number of ether oxygens (including phenoxy) is 1. The zero-order chi connectivity index (χ0) is 14.3. The van der Waals surface area contributed by atoms with Gasteiger partial charge in [-0.3, -0.25) is 4.79 Å². The van der Waals surface area contributed by atoms with Crippen molar-refractivity contribution in [2.45, 2.75) is 44.6 Å². The first kappa shape index (κ1) is 14.0. The third-order valence-corrected chi connectivity index (χ3v) is 5.10. The molecule has 108 valence electrons. The molecule has 0 heterocycles. The standard InChI is InChI=1S/C15H15BrF2O2/c16-10-6-9(17)7-11(18)14(10)20-13-8-12(19)15(13)4-2-1-3-5-15/h6-7,13H,1-5,8H2. The summed E-state index contributed by atoms with van der Waals surface area (Å²) in [7, 11) is 0. The van der Waals surface area contributed by atoms with Crippen LogP contribution in [0.1, 0.15) is 38.5 Å². The summed E-state index contributed by atoms with van der Waals surface area (Å²) >= 11 is 3.12. The Morgan fingerprint density at radius 2 is 1.90 bits per heavy atom. The Morgan fingerprint density at radius 3 is 2.50 bits per heavy atom. The van der Waals surface area contributed by atoms with Crippen molar-refractivity contribution in [1.82, 2.24) is 0 Å². The maximum atomic E-state index is 13.8. The van der Waals surface area contributed by atoms with Gasteiger partial charge in [-0.2, -0.15) is 0 Å². The van der Waals surface area contributed by atoms with Crippen molar-refractivity contribution in [3.63, 3.8) is 0 Å². The minimum absolute atomic E-state index is 0.00819. The van der Waals surface area contributed by atoms with Crippen LogP contribution in [0.4, 0.5) is 8.78 Å². The van der Waals surface area contributed by atoms with Gasteiger partial charge in [0, 0.05) is 12.5 Å². The van der Waals surface area contributed by atoms with Gasteiger partial charge in [-0.15, -0.1) is 0 Å². The number of rotatable bonds is 2. The lowest BCUT2D eigenvalue weighted by atomic mass is 9.57. The number of hydrogen-bond donors (Lipinski definition) is 0. The highest BCUT2D eigenvalue weighted by Gasteiger charge is 2.56. The van der Waals surface area contributed by atoms with E-state index in [-0.39, 0.29) is 22.1 Å². The van der Waals surface area contributed by atoms with Crippen LogP contribution in [0.3, 0.4) is 0 Å². The number of benzene rings is 1. The van der Waals surface area contributed by atoms with E-state index in [0.29, 0.717) is 6.42 Å². The SMILES string of the molecule is O=C1CC(Oc2c(F)cc(F)cc2Br)C12CCCCC2. The highest BCUT2D eigenvalue weighted by atomic mass is 79.9. The quantitative estimate of drug-likeness (QED) is 0.794. The van der Waals surface area contributed by atoms with Gasteiger partial charge in [-0.1, -0.05) is 19.3 Å². The van der Waals surface area contributed by atoms with Crippen molar-refractivity contribution >= 4 is 21.7 Å². The lowest BCUT2D eigenvalue weighted by Crippen LogP contribution is -2.57. The van der Waals surface area contributed by atoms with Gasteiger partial charge >= 0.3 is 0 Å². The summed E-state index contributed by atoms with van der Waals surface area (Å²) in [6.07, 6.45) is 4.83. The van der Waals surface area contributed by atoms with Crippen LogP contribution >= 0.6 is 15.9 Å². The largest absolute Gasteiger partial charge is 0.485 e. The number of carbonyl (C=O) groups excluding carboxylic acids is 1. The summed E-state index contributed by atoms with van der Waals surface area (Å²) in [6, 6.07) is 1.97. The van der Waals surface area contributed by atoms with E-state index in [0.717, 1.165) is 38.2 Å². The first-order chi connectivity index (χ1) is 9.53. The van der Waals surface area contributed by atoms with E-state index in [9.17, 15) is 13.6 Å². The van der Waals surface area contributed by atoms with Crippen molar-refractivity contribution in [3.8, 4) is 5.75 Å². The topological polar surface area (TPSA) is 26.3 Å². The van der Waals surface area contributed by atoms with Gasteiger partial charge in [-0.25, -0.2) is 8.78 Å². The van der Waals surface area contributed by atoms with E-state index >= 15 is 0 Å². The molecule has 1 unspecified atom stereocenters. The molecule has 2 aliphatic carbocycles. The first-order valence-corrected chi connectivity index (χ1v) is 7.67. The van der Waals surface area contributed by atoms with Gasteiger partial charge in [0.1, 0.15) is 17.7 Å². The molecule has 2 fully saturated rings. The summed E-state index contributed by atoms with van der Waals surface area (Å²) < 4.78 is 32.8. The predicted molar refractivity (Wildman–Crippen MR) is 73.6 cm³/mol. The third-order valence-electron chi connectivity index (χ3n) is 4.51. The molecule has 5 heteroatoms. The van der Waals surface area contributed by atoms with E-state index in [1.54, 1.807) is 0 Å². The normalized spacial score (nSPS) is 24.6. The van der Waals surface area contributed by atoms with Crippen LogP contribution in [0, 0.1) is 17.0 Å². The Balaban J connectivity index is 1.83. The molecule has 3 rings (SSSR count). The average molecular weight is 345 g/mol. The molecular formula is C15H15BrF2O2. The van der Waals surface area contributed by atoms with Crippen molar-refractivity contribution in [2.24, 2.45) is 5.41 Å². The summed E-state index contributed by atoms with van der Waals surface area (Å²) in [5.74, 6) is -1.16. The maximum Gasteiger partial charge on any atom is 0.169 e. The van der Waals surface area contributed by atoms with Crippen molar-refractivity contribution < 1.29 is 18.3 Å². The smallest absolute Gasteiger partial charge is 0.169 e. The van der Waals surface area contributed by atoms with Crippen molar-refractivity contribution in [3.05, 3.63) is 28.2 Å². The number of hydrogen-bond acceptors (Lipinski definition) is 2. The van der Waals surface area contributed by atoms with Crippen LogP contribution in [-0.2, 0) is 4.79 Å². The zero-order valence-corrected chi connectivity index (χ0v) is 12.5. The fraction of sp³-hybridized carbons (Fsp3) is 0.533. The Kier molecular flexibility index (Phi) is 3.56. The average Bonchev–Trinajstić information content (AvgIpc) is 2.42. The second-order valence-corrected chi connectivity index (χ2v) is 6.50. The highest BCUT2D eigenvalue weighted by molar-refractivity contribution is 9.10. The monoisotopic (exact) mass is 344 g/mol. The Labute approximate surface area is 124 Å². The molecule has 2 nitrogen and oxygen atoms in total. The number of halogens is 3. The fourth-order valence-electron chi connectivity index (χ4n) is 3.34. The molecule has 1 atom stereocenters. The van der Waals surface area contributed by atoms with Crippen LogP contribution in [0.25, 0.3) is 0 Å². The van der Waals surface area contributed by atoms with Crippen molar-refractivity contribution in [2.75, 3.05) is 0 Å². The molecule has 1 aromatic rings. The van der Waals surface area contributed by atoms with Gasteiger partial charge < -0.3 is 4.74 Å². The lowest BCUT2D eigenvalue weighted by molar-refractivity contribution is -0.157. The van der Waals surface area contributed by atoms with Crippen LogP contribution in [0.2, 0.25) is 0 Å². The molecule has 2 aliphatic rings. The summed E-state index contributed by atoms with van der Waals surface area (Å²) in [5.41, 5.74) is -0.432. The Bertz CT molecular complexity index is 530. The molecule has 1 spiro atoms. The molecule has 0 aliphatic heterocycles.